The Morgan fingerprint density at radius 2 is 2.37 bits per heavy atom. The number of pyridine rings is 1. The van der Waals surface area contributed by atoms with E-state index in [2.05, 4.69) is 11.9 Å². The van der Waals surface area contributed by atoms with Crippen molar-refractivity contribution in [2.75, 3.05) is 19.0 Å². The summed E-state index contributed by atoms with van der Waals surface area (Å²) in [5.74, 6) is -0.583. The number of nitrogens with zero attached hydrogens (tertiary/aromatic N) is 1. The molecule has 0 radical (unpaired) electrons. The van der Waals surface area contributed by atoms with Gasteiger partial charge >= 0.3 is 5.97 Å². The lowest BCUT2D eigenvalue weighted by atomic mass is 10.3. The van der Waals surface area contributed by atoms with Crippen LogP contribution in [0.15, 0.2) is 23.2 Å². The average Bonchev–Trinajstić information content (AvgIpc) is 2.41. The van der Waals surface area contributed by atoms with Gasteiger partial charge in [-0.1, -0.05) is 13.3 Å². The molecule has 0 aliphatic rings. The normalized spacial score (nSPS) is 12.3. The minimum absolute atomic E-state index is 0.0127. The number of carbonyl (C=O) groups is 1. The Hall–Kier alpha value is -1.11. The highest BCUT2D eigenvalue weighted by molar-refractivity contribution is 7.99. The summed E-state index contributed by atoms with van der Waals surface area (Å²) in [5, 5.41) is 18.5. The Kier molecular flexibility index (Phi) is 7.47. The summed E-state index contributed by atoms with van der Waals surface area (Å²) >= 11 is 1.39. The third-order valence-corrected chi connectivity index (χ3v) is 3.48. The molecule has 106 valence electrons. The van der Waals surface area contributed by atoms with Gasteiger partial charge in [-0.2, -0.15) is 0 Å². The molecule has 1 heterocycles. The number of aliphatic hydroxyl groups excluding tert-OH is 1. The van der Waals surface area contributed by atoms with Crippen molar-refractivity contribution in [1.29, 1.82) is 0 Å². The molecule has 2 N–H and O–H groups in total. The number of aromatic nitrogens is 1. The molecule has 6 heteroatoms. The van der Waals surface area contributed by atoms with Crippen LogP contribution in [0.5, 0.6) is 0 Å². The van der Waals surface area contributed by atoms with Crippen LogP contribution in [0.25, 0.3) is 0 Å². The van der Waals surface area contributed by atoms with Crippen LogP contribution < -0.4 is 0 Å². The van der Waals surface area contributed by atoms with E-state index in [1.54, 1.807) is 6.07 Å². The molecule has 0 saturated carbocycles. The van der Waals surface area contributed by atoms with Gasteiger partial charge in [-0.25, -0.2) is 9.78 Å². The molecule has 1 aromatic rings. The fraction of sp³-hybridized carbons (Fsp3) is 0.538. The highest BCUT2D eigenvalue weighted by atomic mass is 32.2. The van der Waals surface area contributed by atoms with Crippen LogP contribution in [0.2, 0.25) is 0 Å². The first-order valence-corrected chi connectivity index (χ1v) is 7.20. The summed E-state index contributed by atoms with van der Waals surface area (Å²) in [7, 11) is 0. The third kappa shape index (κ3) is 6.56. The fourth-order valence-corrected chi connectivity index (χ4v) is 2.16. The van der Waals surface area contributed by atoms with Gasteiger partial charge in [-0.05, 0) is 18.6 Å². The standard InChI is InChI=1S/C13H19NO4S/c1-2-3-6-18-8-10(15)9-19-11-4-5-14-12(7-11)13(16)17/h4-5,7,10,15H,2-3,6,8-9H2,1H3,(H,16,17). The Labute approximate surface area is 117 Å². The minimum Gasteiger partial charge on any atom is -0.477 e. The SMILES string of the molecule is CCCCOCC(O)CSc1ccnc(C(=O)O)c1. The molecule has 0 bridgehead atoms. The number of thioether (sulfide) groups is 1. The largest absolute Gasteiger partial charge is 0.477 e. The molecular weight excluding hydrogens is 266 g/mol. The number of carboxylic acids is 1. The van der Waals surface area contributed by atoms with E-state index in [-0.39, 0.29) is 5.69 Å². The second kappa shape index (κ2) is 8.90. The second-order valence-corrected chi connectivity index (χ2v) is 5.17. The van der Waals surface area contributed by atoms with Crippen LogP contribution in [0.4, 0.5) is 0 Å². The zero-order valence-electron chi connectivity index (χ0n) is 10.9. The van der Waals surface area contributed by atoms with Crippen LogP contribution in [-0.4, -0.2) is 46.2 Å². The molecule has 19 heavy (non-hydrogen) atoms. The molecule has 0 spiro atoms. The van der Waals surface area contributed by atoms with Crippen molar-refractivity contribution in [2.24, 2.45) is 0 Å². The number of carboxylic acid groups (broad SMARTS) is 1. The van der Waals surface area contributed by atoms with E-state index in [4.69, 9.17) is 9.84 Å². The van der Waals surface area contributed by atoms with Crippen molar-refractivity contribution < 1.29 is 19.7 Å². The molecule has 5 nitrogen and oxygen atoms in total. The number of aromatic carboxylic acids is 1. The summed E-state index contributed by atoms with van der Waals surface area (Å²) in [5.41, 5.74) is 0.0127. The van der Waals surface area contributed by atoms with Crippen molar-refractivity contribution in [2.45, 2.75) is 30.8 Å². The zero-order chi connectivity index (χ0) is 14.1. The van der Waals surface area contributed by atoms with Gasteiger partial charge in [0.2, 0.25) is 0 Å². The maximum atomic E-state index is 10.8. The summed E-state index contributed by atoms with van der Waals surface area (Å²) in [6.07, 6.45) is 2.96. The summed E-state index contributed by atoms with van der Waals surface area (Å²) in [4.78, 5) is 15.3. The number of unbranched alkanes of at least 4 members (excludes halogenated alkanes) is 1. The maximum Gasteiger partial charge on any atom is 0.354 e. The third-order valence-electron chi connectivity index (χ3n) is 2.35. The van der Waals surface area contributed by atoms with Gasteiger partial charge < -0.3 is 14.9 Å². The average molecular weight is 285 g/mol. The van der Waals surface area contributed by atoms with Gasteiger partial charge in [-0.15, -0.1) is 11.8 Å². The smallest absolute Gasteiger partial charge is 0.354 e. The number of hydrogen-bond donors (Lipinski definition) is 2. The van der Waals surface area contributed by atoms with Crippen LogP contribution in [0, 0.1) is 0 Å². The molecule has 0 aliphatic heterocycles. The highest BCUT2D eigenvalue weighted by Gasteiger charge is 2.08. The number of aliphatic hydroxyl groups is 1. The molecule has 1 aromatic heterocycles. The van der Waals surface area contributed by atoms with E-state index in [9.17, 15) is 9.90 Å². The predicted molar refractivity (Wildman–Crippen MR) is 73.7 cm³/mol. The van der Waals surface area contributed by atoms with E-state index < -0.39 is 12.1 Å². The van der Waals surface area contributed by atoms with Crippen molar-refractivity contribution in [3.05, 3.63) is 24.0 Å². The monoisotopic (exact) mass is 285 g/mol. The summed E-state index contributed by atoms with van der Waals surface area (Å²) < 4.78 is 5.32. The lowest BCUT2D eigenvalue weighted by Crippen LogP contribution is -2.18. The number of rotatable bonds is 9. The second-order valence-electron chi connectivity index (χ2n) is 4.08. The molecule has 0 saturated heterocycles. The minimum atomic E-state index is -1.05. The van der Waals surface area contributed by atoms with E-state index in [0.717, 1.165) is 17.7 Å². The van der Waals surface area contributed by atoms with Gasteiger partial charge in [0.1, 0.15) is 5.69 Å². The van der Waals surface area contributed by atoms with Crippen molar-refractivity contribution in [3.63, 3.8) is 0 Å². The predicted octanol–water partition coefficient (Wildman–Crippen LogP) is 2.05. The van der Waals surface area contributed by atoms with Gasteiger partial charge in [0.25, 0.3) is 0 Å². The van der Waals surface area contributed by atoms with Gasteiger partial charge in [0.15, 0.2) is 0 Å². The number of ether oxygens (including phenoxy) is 1. The van der Waals surface area contributed by atoms with Crippen LogP contribution >= 0.6 is 11.8 Å². The molecule has 0 aromatic carbocycles. The lowest BCUT2D eigenvalue weighted by Gasteiger charge is -2.10. The molecule has 0 fully saturated rings. The summed E-state index contributed by atoms with van der Waals surface area (Å²) in [6, 6.07) is 3.22. The Morgan fingerprint density at radius 3 is 3.05 bits per heavy atom. The first-order valence-electron chi connectivity index (χ1n) is 6.21. The van der Waals surface area contributed by atoms with E-state index >= 15 is 0 Å². The van der Waals surface area contributed by atoms with Crippen LogP contribution in [-0.2, 0) is 4.74 Å². The van der Waals surface area contributed by atoms with Crippen molar-refractivity contribution in [3.8, 4) is 0 Å². The molecule has 1 unspecified atom stereocenters. The maximum absolute atomic E-state index is 10.8. The van der Waals surface area contributed by atoms with Gasteiger partial charge in [-0.3, -0.25) is 0 Å². The van der Waals surface area contributed by atoms with Crippen LogP contribution in [0.1, 0.15) is 30.3 Å². The number of hydrogen-bond acceptors (Lipinski definition) is 5. The summed E-state index contributed by atoms with van der Waals surface area (Å²) in [6.45, 7) is 3.06. The molecule has 1 rings (SSSR count). The van der Waals surface area contributed by atoms with E-state index in [1.807, 2.05) is 0 Å². The zero-order valence-corrected chi connectivity index (χ0v) is 11.7. The quantitative estimate of drug-likeness (QED) is 0.534. The Balaban J connectivity index is 2.31. The fourth-order valence-electron chi connectivity index (χ4n) is 1.32. The molecule has 0 aliphatic carbocycles. The Morgan fingerprint density at radius 1 is 1.58 bits per heavy atom. The van der Waals surface area contributed by atoms with Crippen molar-refractivity contribution in [1.82, 2.24) is 4.98 Å². The van der Waals surface area contributed by atoms with Gasteiger partial charge in [0, 0.05) is 23.5 Å². The topological polar surface area (TPSA) is 79.7 Å². The molecule has 0 amide bonds. The van der Waals surface area contributed by atoms with E-state index in [1.165, 1.54) is 24.0 Å². The lowest BCUT2D eigenvalue weighted by molar-refractivity contribution is 0.0473. The molecular formula is C13H19NO4S. The van der Waals surface area contributed by atoms with Crippen molar-refractivity contribution >= 4 is 17.7 Å². The van der Waals surface area contributed by atoms with E-state index in [0.29, 0.717) is 19.0 Å². The first kappa shape index (κ1) is 15.9. The van der Waals surface area contributed by atoms with Crippen LogP contribution in [0.3, 0.4) is 0 Å². The molecule has 1 atom stereocenters. The Bertz CT molecular complexity index is 400. The highest BCUT2D eigenvalue weighted by Crippen LogP contribution is 2.19. The first-order chi connectivity index (χ1) is 9.13. The van der Waals surface area contributed by atoms with Gasteiger partial charge in [0.05, 0.1) is 12.7 Å².